The highest BCUT2D eigenvalue weighted by atomic mass is 32.1. The molecule has 4 aromatic heterocycles. The molecular formula is C21H15N5O4S. The molecule has 0 aliphatic carbocycles. The fourth-order valence-electron chi connectivity index (χ4n) is 3.28. The summed E-state index contributed by atoms with van der Waals surface area (Å²) < 4.78 is 9.00. The number of furan rings is 1. The van der Waals surface area contributed by atoms with Crippen molar-refractivity contribution in [1.82, 2.24) is 19.1 Å². The predicted molar refractivity (Wildman–Crippen MR) is 118 cm³/mol. The molecule has 1 aromatic carbocycles. The smallest absolute Gasteiger partial charge is 0.332 e. The van der Waals surface area contributed by atoms with Crippen molar-refractivity contribution in [3.63, 3.8) is 0 Å². The summed E-state index contributed by atoms with van der Waals surface area (Å²) in [6, 6.07) is 12.5. The highest BCUT2D eigenvalue weighted by Gasteiger charge is 2.16. The van der Waals surface area contributed by atoms with Gasteiger partial charge in [-0.2, -0.15) is 0 Å². The van der Waals surface area contributed by atoms with Gasteiger partial charge in [0.25, 0.3) is 11.5 Å². The molecule has 154 valence electrons. The van der Waals surface area contributed by atoms with Gasteiger partial charge in [0.15, 0.2) is 16.5 Å². The summed E-state index contributed by atoms with van der Waals surface area (Å²) in [4.78, 5) is 45.8. The van der Waals surface area contributed by atoms with Crippen molar-refractivity contribution in [2.24, 2.45) is 14.1 Å². The van der Waals surface area contributed by atoms with Crippen LogP contribution in [0.15, 0.2) is 62.7 Å². The minimum absolute atomic E-state index is 0.0997. The van der Waals surface area contributed by atoms with Gasteiger partial charge < -0.3 is 9.73 Å². The second kappa shape index (κ2) is 7.03. The molecule has 0 fully saturated rings. The molecule has 4 heterocycles. The van der Waals surface area contributed by atoms with Crippen molar-refractivity contribution < 1.29 is 9.21 Å². The summed E-state index contributed by atoms with van der Waals surface area (Å²) in [6.45, 7) is 0. The Kier molecular flexibility index (Phi) is 4.29. The maximum absolute atomic E-state index is 12.7. The fourth-order valence-corrected chi connectivity index (χ4v) is 4.21. The number of amides is 1. The summed E-state index contributed by atoms with van der Waals surface area (Å²) >= 11 is 1.47. The van der Waals surface area contributed by atoms with Crippen LogP contribution in [0.2, 0.25) is 0 Å². The largest absolute Gasteiger partial charge is 0.448 e. The Hall–Kier alpha value is -4.05. The Bertz CT molecular complexity index is 1570. The number of hydrogen-bond donors (Lipinski definition) is 1. The molecule has 0 aliphatic rings. The van der Waals surface area contributed by atoms with Crippen LogP contribution >= 0.6 is 11.3 Å². The minimum atomic E-state index is -0.491. The summed E-state index contributed by atoms with van der Waals surface area (Å²) in [7, 11) is 2.92. The van der Waals surface area contributed by atoms with Crippen LogP contribution in [0, 0.1) is 0 Å². The topological polar surface area (TPSA) is 112 Å². The highest BCUT2D eigenvalue weighted by molar-refractivity contribution is 7.21. The molecule has 1 amide bonds. The Morgan fingerprint density at radius 2 is 1.90 bits per heavy atom. The lowest BCUT2D eigenvalue weighted by atomic mass is 10.3. The van der Waals surface area contributed by atoms with Crippen LogP contribution in [0.4, 0.5) is 5.69 Å². The first-order valence-electron chi connectivity index (χ1n) is 9.25. The Morgan fingerprint density at radius 3 is 2.71 bits per heavy atom. The highest BCUT2D eigenvalue weighted by Crippen LogP contribution is 2.31. The summed E-state index contributed by atoms with van der Waals surface area (Å²) in [5.41, 5.74) is 0.453. The number of aromatic nitrogens is 4. The van der Waals surface area contributed by atoms with E-state index in [1.54, 1.807) is 12.1 Å². The van der Waals surface area contributed by atoms with Gasteiger partial charge in [-0.15, -0.1) is 11.3 Å². The zero-order chi connectivity index (χ0) is 21.7. The number of thiazole rings is 1. The summed E-state index contributed by atoms with van der Waals surface area (Å²) in [5.74, 6) is 0.102. The Morgan fingerprint density at radius 1 is 1.10 bits per heavy atom. The van der Waals surface area contributed by atoms with Crippen LogP contribution in [-0.2, 0) is 14.1 Å². The molecule has 0 bridgehead atoms. The average Bonchev–Trinajstić information content (AvgIpc) is 3.43. The van der Waals surface area contributed by atoms with E-state index in [9.17, 15) is 14.4 Å². The molecular weight excluding hydrogens is 418 g/mol. The molecule has 9 nitrogen and oxygen atoms in total. The molecule has 0 atom stereocenters. The lowest BCUT2D eigenvalue weighted by Crippen LogP contribution is -2.37. The molecule has 0 saturated carbocycles. The van der Waals surface area contributed by atoms with Crippen LogP contribution in [0.25, 0.3) is 32.0 Å². The fraction of sp³-hybridized carbons (Fsp3) is 0.0952. The van der Waals surface area contributed by atoms with Crippen molar-refractivity contribution >= 4 is 44.2 Å². The van der Waals surface area contributed by atoms with Crippen LogP contribution in [0.3, 0.4) is 0 Å². The predicted octanol–water partition coefficient (Wildman–Crippen LogP) is 2.75. The van der Waals surface area contributed by atoms with Gasteiger partial charge >= 0.3 is 5.69 Å². The number of nitrogens with zero attached hydrogens (tertiary/aromatic N) is 4. The van der Waals surface area contributed by atoms with Gasteiger partial charge in [0.2, 0.25) is 0 Å². The summed E-state index contributed by atoms with van der Waals surface area (Å²) in [6.07, 6.45) is 1.39. The maximum atomic E-state index is 12.7. The van der Waals surface area contributed by atoms with E-state index in [1.807, 2.05) is 24.3 Å². The van der Waals surface area contributed by atoms with E-state index in [0.29, 0.717) is 16.5 Å². The van der Waals surface area contributed by atoms with Crippen molar-refractivity contribution in [3.05, 3.63) is 75.3 Å². The van der Waals surface area contributed by atoms with Gasteiger partial charge in [-0.1, -0.05) is 12.1 Å². The molecule has 0 aliphatic heterocycles. The van der Waals surface area contributed by atoms with E-state index in [1.165, 1.54) is 42.3 Å². The third kappa shape index (κ3) is 3.13. The zero-order valence-corrected chi connectivity index (χ0v) is 17.3. The number of hydrogen-bond acceptors (Lipinski definition) is 7. The van der Waals surface area contributed by atoms with E-state index in [-0.39, 0.29) is 16.8 Å². The molecule has 0 unspecified atom stereocenters. The third-order valence-corrected chi connectivity index (χ3v) is 5.94. The molecule has 31 heavy (non-hydrogen) atoms. The molecule has 0 radical (unpaired) electrons. The van der Waals surface area contributed by atoms with Crippen molar-refractivity contribution in [1.29, 1.82) is 0 Å². The van der Waals surface area contributed by atoms with Gasteiger partial charge in [0.05, 0.1) is 27.5 Å². The van der Waals surface area contributed by atoms with Gasteiger partial charge in [-0.3, -0.25) is 18.7 Å². The van der Waals surface area contributed by atoms with Crippen LogP contribution < -0.4 is 16.6 Å². The van der Waals surface area contributed by atoms with Crippen molar-refractivity contribution in [2.75, 3.05) is 5.32 Å². The van der Waals surface area contributed by atoms with Gasteiger partial charge in [0.1, 0.15) is 5.65 Å². The van der Waals surface area contributed by atoms with Crippen LogP contribution in [0.5, 0.6) is 0 Å². The van der Waals surface area contributed by atoms with Gasteiger partial charge in [-0.05, 0) is 30.3 Å². The number of para-hydroxylation sites is 1. The SMILES string of the molecule is Cn1c(=O)c2cc(NC(=O)c3ccc(-c4nc5ccccc5s4)o3)cnc2n(C)c1=O. The zero-order valence-electron chi connectivity index (χ0n) is 16.4. The van der Waals surface area contributed by atoms with Gasteiger partial charge in [0, 0.05) is 14.1 Å². The number of aryl methyl sites for hydroxylation is 1. The molecule has 0 spiro atoms. The molecule has 10 heteroatoms. The van der Waals surface area contributed by atoms with E-state index in [0.717, 1.165) is 14.8 Å². The third-order valence-electron chi connectivity index (χ3n) is 4.89. The molecule has 0 saturated heterocycles. The number of nitrogens with one attached hydrogen (secondary N) is 1. The van der Waals surface area contributed by atoms with E-state index >= 15 is 0 Å². The van der Waals surface area contributed by atoms with Crippen LogP contribution in [-0.4, -0.2) is 25.0 Å². The van der Waals surface area contributed by atoms with Crippen LogP contribution in [0.1, 0.15) is 10.6 Å². The number of fused-ring (bicyclic) bond motifs is 2. The second-order valence-corrected chi connectivity index (χ2v) is 7.94. The Labute approximate surface area is 178 Å². The first kappa shape index (κ1) is 18.9. The second-order valence-electron chi connectivity index (χ2n) is 6.91. The van der Waals surface area contributed by atoms with Gasteiger partial charge in [-0.25, -0.2) is 14.8 Å². The number of pyridine rings is 1. The van der Waals surface area contributed by atoms with E-state index in [2.05, 4.69) is 15.3 Å². The number of carbonyl (C=O) groups is 1. The lowest BCUT2D eigenvalue weighted by molar-refractivity contribution is 0.0997. The number of carbonyl (C=O) groups excluding carboxylic acids is 1. The quantitative estimate of drug-likeness (QED) is 0.468. The van der Waals surface area contributed by atoms with E-state index in [4.69, 9.17) is 4.42 Å². The number of rotatable bonds is 3. The molecule has 5 aromatic rings. The van der Waals surface area contributed by atoms with Crippen molar-refractivity contribution in [3.8, 4) is 10.8 Å². The summed E-state index contributed by atoms with van der Waals surface area (Å²) in [5, 5.41) is 3.57. The average molecular weight is 433 g/mol. The number of anilines is 1. The van der Waals surface area contributed by atoms with Crippen molar-refractivity contribution in [2.45, 2.75) is 0 Å². The lowest BCUT2D eigenvalue weighted by Gasteiger charge is -2.08. The normalized spacial score (nSPS) is 11.3. The first-order chi connectivity index (χ1) is 14.9. The molecule has 5 rings (SSSR count). The Balaban J connectivity index is 1.45. The minimum Gasteiger partial charge on any atom is -0.448 e. The van der Waals surface area contributed by atoms with E-state index < -0.39 is 17.2 Å². The first-order valence-corrected chi connectivity index (χ1v) is 10.1. The standard InChI is InChI=1S/C21H15N5O4S/c1-25-17-12(20(28)26(2)21(25)29)9-11(10-22-17)23-18(27)14-7-8-15(30-14)19-24-13-5-3-4-6-16(13)31-19/h3-10H,1-2H3,(H,23,27). The molecule has 1 N–H and O–H groups in total. The number of benzene rings is 1. The maximum Gasteiger partial charge on any atom is 0.332 e. The monoisotopic (exact) mass is 433 g/mol.